The zero-order valence-electron chi connectivity index (χ0n) is 10.1. The van der Waals surface area contributed by atoms with E-state index in [0.29, 0.717) is 5.75 Å². The minimum Gasteiger partial charge on any atom is -0.485 e. The molecular formula is C13H17FO2. The highest BCUT2D eigenvalue weighted by Gasteiger charge is 2.21. The molecular weight excluding hydrogens is 207 g/mol. The SMILES string of the molecule is Cc1ccc(F)cc1OCC(=O)C(C)(C)C. The van der Waals surface area contributed by atoms with Crippen LogP contribution in [0.1, 0.15) is 26.3 Å². The van der Waals surface area contributed by atoms with Crippen molar-refractivity contribution in [1.82, 2.24) is 0 Å². The maximum atomic E-state index is 12.9. The molecule has 0 aliphatic carbocycles. The highest BCUT2D eigenvalue weighted by Crippen LogP contribution is 2.20. The van der Waals surface area contributed by atoms with Crippen molar-refractivity contribution < 1.29 is 13.9 Å². The Labute approximate surface area is 95.4 Å². The third kappa shape index (κ3) is 3.33. The van der Waals surface area contributed by atoms with Crippen LogP contribution in [0.15, 0.2) is 18.2 Å². The molecule has 0 heterocycles. The van der Waals surface area contributed by atoms with Gasteiger partial charge in [-0.25, -0.2) is 4.39 Å². The van der Waals surface area contributed by atoms with Gasteiger partial charge in [0, 0.05) is 11.5 Å². The van der Waals surface area contributed by atoms with Gasteiger partial charge in [0.05, 0.1) is 0 Å². The molecule has 0 spiro atoms. The van der Waals surface area contributed by atoms with Crippen molar-refractivity contribution in [3.05, 3.63) is 29.6 Å². The van der Waals surface area contributed by atoms with Gasteiger partial charge in [0.15, 0.2) is 5.78 Å². The zero-order chi connectivity index (χ0) is 12.3. The molecule has 88 valence electrons. The van der Waals surface area contributed by atoms with E-state index in [9.17, 15) is 9.18 Å². The molecule has 0 N–H and O–H groups in total. The van der Waals surface area contributed by atoms with Crippen molar-refractivity contribution in [3.63, 3.8) is 0 Å². The second-order valence-corrected chi connectivity index (χ2v) is 4.87. The monoisotopic (exact) mass is 224 g/mol. The average Bonchev–Trinajstić information content (AvgIpc) is 2.17. The molecule has 0 aliphatic heterocycles. The lowest BCUT2D eigenvalue weighted by atomic mass is 9.91. The quantitative estimate of drug-likeness (QED) is 0.788. The van der Waals surface area contributed by atoms with Gasteiger partial charge in [-0.2, -0.15) is 0 Å². The summed E-state index contributed by atoms with van der Waals surface area (Å²) in [7, 11) is 0. The number of carbonyl (C=O) groups is 1. The highest BCUT2D eigenvalue weighted by molar-refractivity contribution is 5.85. The number of rotatable bonds is 3. The molecule has 1 aromatic rings. The van der Waals surface area contributed by atoms with Crippen molar-refractivity contribution in [2.45, 2.75) is 27.7 Å². The van der Waals surface area contributed by atoms with E-state index < -0.39 is 5.41 Å². The van der Waals surface area contributed by atoms with Crippen LogP contribution in [0.5, 0.6) is 5.75 Å². The first kappa shape index (κ1) is 12.7. The molecule has 0 saturated heterocycles. The van der Waals surface area contributed by atoms with E-state index in [1.807, 2.05) is 27.7 Å². The Bertz CT molecular complexity index is 391. The summed E-state index contributed by atoms with van der Waals surface area (Å²) < 4.78 is 18.3. The van der Waals surface area contributed by atoms with Crippen LogP contribution >= 0.6 is 0 Å². The van der Waals surface area contributed by atoms with Gasteiger partial charge in [-0.3, -0.25) is 4.79 Å². The van der Waals surface area contributed by atoms with E-state index in [1.54, 1.807) is 6.07 Å². The van der Waals surface area contributed by atoms with Gasteiger partial charge in [-0.15, -0.1) is 0 Å². The first-order valence-corrected chi connectivity index (χ1v) is 5.23. The number of halogens is 1. The number of hydrogen-bond donors (Lipinski definition) is 0. The van der Waals surface area contributed by atoms with Gasteiger partial charge >= 0.3 is 0 Å². The van der Waals surface area contributed by atoms with Crippen LogP contribution in [0.3, 0.4) is 0 Å². The summed E-state index contributed by atoms with van der Waals surface area (Å²) in [6.07, 6.45) is 0. The van der Waals surface area contributed by atoms with E-state index in [-0.39, 0.29) is 18.2 Å². The fraction of sp³-hybridized carbons (Fsp3) is 0.462. The Kier molecular flexibility index (Phi) is 3.68. The van der Waals surface area contributed by atoms with E-state index >= 15 is 0 Å². The van der Waals surface area contributed by atoms with E-state index in [4.69, 9.17) is 4.74 Å². The normalized spacial score (nSPS) is 11.3. The number of Topliss-reactive ketones (excluding diaryl/α,β-unsaturated/α-hetero) is 1. The van der Waals surface area contributed by atoms with Crippen LogP contribution in [0, 0.1) is 18.2 Å². The predicted molar refractivity (Wildman–Crippen MR) is 61.1 cm³/mol. The second-order valence-electron chi connectivity index (χ2n) is 4.87. The van der Waals surface area contributed by atoms with Gasteiger partial charge in [0.1, 0.15) is 18.2 Å². The molecule has 2 nitrogen and oxygen atoms in total. The summed E-state index contributed by atoms with van der Waals surface area (Å²) in [6, 6.07) is 4.30. The summed E-state index contributed by atoms with van der Waals surface area (Å²) >= 11 is 0. The second kappa shape index (κ2) is 4.64. The molecule has 0 saturated carbocycles. The first-order valence-electron chi connectivity index (χ1n) is 5.23. The van der Waals surface area contributed by atoms with Gasteiger partial charge in [0.2, 0.25) is 0 Å². The highest BCUT2D eigenvalue weighted by atomic mass is 19.1. The Morgan fingerprint density at radius 1 is 1.38 bits per heavy atom. The van der Waals surface area contributed by atoms with Crippen LogP contribution in [-0.4, -0.2) is 12.4 Å². The number of benzene rings is 1. The molecule has 0 atom stereocenters. The lowest BCUT2D eigenvalue weighted by molar-refractivity contribution is -0.128. The Balaban J connectivity index is 2.68. The molecule has 0 amide bonds. The maximum absolute atomic E-state index is 12.9. The summed E-state index contributed by atoms with van der Waals surface area (Å²) in [6.45, 7) is 7.29. The number of hydrogen-bond acceptors (Lipinski definition) is 2. The predicted octanol–water partition coefficient (Wildman–Crippen LogP) is 3.13. The number of carbonyl (C=O) groups excluding carboxylic acids is 1. The van der Waals surface area contributed by atoms with Crippen LogP contribution in [0.25, 0.3) is 0 Å². The molecule has 1 rings (SSSR count). The van der Waals surface area contributed by atoms with Crippen LogP contribution < -0.4 is 4.74 Å². The Hall–Kier alpha value is -1.38. The van der Waals surface area contributed by atoms with Gasteiger partial charge in [0.25, 0.3) is 0 Å². The van der Waals surface area contributed by atoms with Crippen molar-refractivity contribution in [2.75, 3.05) is 6.61 Å². The van der Waals surface area contributed by atoms with E-state index in [1.165, 1.54) is 12.1 Å². The summed E-state index contributed by atoms with van der Waals surface area (Å²) in [4.78, 5) is 11.6. The van der Waals surface area contributed by atoms with Crippen LogP contribution in [0.2, 0.25) is 0 Å². The number of aryl methyl sites for hydroxylation is 1. The maximum Gasteiger partial charge on any atom is 0.175 e. The van der Waals surface area contributed by atoms with Gasteiger partial charge < -0.3 is 4.74 Å². The fourth-order valence-electron chi connectivity index (χ4n) is 1.09. The van der Waals surface area contributed by atoms with Gasteiger partial charge in [-0.1, -0.05) is 26.8 Å². The fourth-order valence-corrected chi connectivity index (χ4v) is 1.09. The summed E-state index contributed by atoms with van der Waals surface area (Å²) in [5.74, 6) is 0.0672. The molecule has 0 aliphatic rings. The Morgan fingerprint density at radius 3 is 2.56 bits per heavy atom. The van der Waals surface area contributed by atoms with E-state index in [2.05, 4.69) is 0 Å². The van der Waals surface area contributed by atoms with Gasteiger partial charge in [-0.05, 0) is 18.6 Å². The molecule has 16 heavy (non-hydrogen) atoms. The first-order chi connectivity index (χ1) is 7.30. The smallest absolute Gasteiger partial charge is 0.175 e. The average molecular weight is 224 g/mol. The van der Waals surface area contributed by atoms with Crippen molar-refractivity contribution in [3.8, 4) is 5.75 Å². The summed E-state index contributed by atoms with van der Waals surface area (Å²) in [5.41, 5.74) is 0.393. The number of ketones is 1. The standard InChI is InChI=1S/C13H17FO2/c1-9-5-6-10(14)7-11(9)16-8-12(15)13(2,3)4/h5-7H,8H2,1-4H3. The third-order valence-corrected chi connectivity index (χ3v) is 2.35. The van der Waals surface area contributed by atoms with Crippen LogP contribution in [0.4, 0.5) is 4.39 Å². The topological polar surface area (TPSA) is 26.3 Å². The zero-order valence-corrected chi connectivity index (χ0v) is 10.1. The van der Waals surface area contributed by atoms with Crippen LogP contribution in [-0.2, 0) is 4.79 Å². The molecule has 0 fully saturated rings. The number of ether oxygens (including phenoxy) is 1. The van der Waals surface area contributed by atoms with Crippen molar-refractivity contribution in [1.29, 1.82) is 0 Å². The minimum atomic E-state index is -0.429. The third-order valence-electron chi connectivity index (χ3n) is 2.35. The molecule has 0 unspecified atom stereocenters. The molecule has 1 aromatic carbocycles. The van der Waals surface area contributed by atoms with E-state index in [0.717, 1.165) is 5.56 Å². The molecule has 0 radical (unpaired) electrons. The Morgan fingerprint density at radius 2 is 2.00 bits per heavy atom. The van der Waals surface area contributed by atoms with Crippen molar-refractivity contribution >= 4 is 5.78 Å². The molecule has 0 bridgehead atoms. The minimum absolute atomic E-state index is 0.00355. The lowest BCUT2D eigenvalue weighted by Crippen LogP contribution is -2.26. The largest absolute Gasteiger partial charge is 0.485 e. The molecule has 3 heteroatoms. The molecule has 0 aromatic heterocycles. The van der Waals surface area contributed by atoms with Crippen molar-refractivity contribution in [2.24, 2.45) is 5.41 Å². The lowest BCUT2D eigenvalue weighted by Gasteiger charge is -2.17. The summed E-state index contributed by atoms with van der Waals surface area (Å²) in [5, 5.41) is 0.